The van der Waals surface area contributed by atoms with Crippen LogP contribution in [0.2, 0.25) is 0 Å². The Morgan fingerprint density at radius 3 is 2.21 bits per heavy atom. The summed E-state index contributed by atoms with van der Waals surface area (Å²) in [5, 5.41) is 0.819. The molecule has 1 aromatic heterocycles. The van der Waals surface area contributed by atoms with Gasteiger partial charge >= 0.3 is 0 Å². The van der Waals surface area contributed by atoms with E-state index in [0.29, 0.717) is 18.9 Å². The maximum Gasteiger partial charge on any atom is 0.218 e. The molecule has 106 valence electrons. The van der Waals surface area contributed by atoms with Crippen LogP contribution in [0.15, 0.2) is 0 Å². The highest BCUT2D eigenvalue weighted by Gasteiger charge is 2.24. The monoisotopic (exact) mass is 285 g/mol. The van der Waals surface area contributed by atoms with Crippen LogP contribution in [-0.2, 0) is 14.3 Å². The first kappa shape index (κ1) is 15.9. The number of Topliss-reactive ketones (excluding diaryl/α,β-unsaturated/α-hetero) is 2. The molecule has 1 heterocycles. The van der Waals surface area contributed by atoms with Gasteiger partial charge in [-0.15, -0.1) is 11.3 Å². The molecule has 0 aliphatic heterocycles. The zero-order valence-electron chi connectivity index (χ0n) is 11.7. The predicted molar refractivity (Wildman–Crippen MR) is 72.6 cm³/mol. The zero-order valence-corrected chi connectivity index (χ0v) is 12.5. The van der Waals surface area contributed by atoms with Gasteiger partial charge in [-0.1, -0.05) is 0 Å². The van der Waals surface area contributed by atoms with E-state index in [0.717, 1.165) is 9.88 Å². The summed E-state index contributed by atoms with van der Waals surface area (Å²) in [7, 11) is 0. The van der Waals surface area contributed by atoms with Gasteiger partial charge in [0.2, 0.25) is 6.29 Å². The molecule has 0 radical (unpaired) electrons. The molecule has 0 aliphatic rings. The fraction of sp³-hybridized carbons (Fsp3) is 0.615. The summed E-state index contributed by atoms with van der Waals surface area (Å²) in [5.41, 5.74) is 0.377. The lowest BCUT2D eigenvalue weighted by Gasteiger charge is -2.14. The highest BCUT2D eigenvalue weighted by atomic mass is 32.1. The van der Waals surface area contributed by atoms with Gasteiger partial charge in [-0.3, -0.25) is 9.59 Å². The van der Waals surface area contributed by atoms with E-state index >= 15 is 0 Å². The van der Waals surface area contributed by atoms with Crippen LogP contribution in [-0.4, -0.2) is 36.1 Å². The number of aromatic nitrogens is 1. The van der Waals surface area contributed by atoms with E-state index in [9.17, 15) is 9.59 Å². The second kappa shape index (κ2) is 7.47. The van der Waals surface area contributed by atoms with Crippen LogP contribution in [0.5, 0.6) is 0 Å². The SMILES string of the molecule is CCOC(OCC)C(=O)CC(=O)c1nc(C)sc1C. The number of rotatable bonds is 8. The molecule has 0 saturated carbocycles. The largest absolute Gasteiger partial charge is 0.346 e. The first-order valence-electron chi connectivity index (χ1n) is 6.22. The van der Waals surface area contributed by atoms with Gasteiger partial charge in [0.25, 0.3) is 0 Å². The molecule has 0 atom stereocenters. The number of ketones is 2. The molecular formula is C13H19NO4S. The van der Waals surface area contributed by atoms with Crippen LogP contribution >= 0.6 is 11.3 Å². The van der Waals surface area contributed by atoms with Gasteiger partial charge in [0.15, 0.2) is 11.6 Å². The van der Waals surface area contributed by atoms with Crippen LogP contribution in [0.25, 0.3) is 0 Å². The van der Waals surface area contributed by atoms with E-state index in [1.165, 1.54) is 11.3 Å². The number of carbonyl (C=O) groups excluding carboxylic acids is 2. The van der Waals surface area contributed by atoms with E-state index < -0.39 is 6.29 Å². The second-order valence-electron chi connectivity index (χ2n) is 3.95. The molecule has 6 heteroatoms. The van der Waals surface area contributed by atoms with Gasteiger partial charge in [-0.25, -0.2) is 4.98 Å². The Kier molecular flexibility index (Phi) is 6.27. The zero-order chi connectivity index (χ0) is 14.4. The normalized spacial score (nSPS) is 11.0. The van der Waals surface area contributed by atoms with Crippen LogP contribution in [0.4, 0.5) is 0 Å². The molecule has 0 fully saturated rings. The average molecular weight is 285 g/mol. The van der Waals surface area contributed by atoms with Crippen molar-refractivity contribution in [2.75, 3.05) is 13.2 Å². The lowest BCUT2D eigenvalue weighted by Crippen LogP contribution is -2.29. The number of thiazole rings is 1. The smallest absolute Gasteiger partial charge is 0.218 e. The molecule has 5 nitrogen and oxygen atoms in total. The molecule has 1 rings (SSSR count). The third-order valence-electron chi connectivity index (χ3n) is 2.40. The molecule has 1 aromatic rings. The lowest BCUT2D eigenvalue weighted by atomic mass is 10.1. The molecule has 0 aliphatic carbocycles. The van der Waals surface area contributed by atoms with Crippen molar-refractivity contribution in [3.63, 3.8) is 0 Å². The standard InChI is InChI=1S/C13H19NO4S/c1-5-17-13(18-6-2)11(16)7-10(15)12-8(3)19-9(4)14-12/h13H,5-7H2,1-4H3. The highest BCUT2D eigenvalue weighted by Crippen LogP contribution is 2.18. The lowest BCUT2D eigenvalue weighted by molar-refractivity contribution is -0.166. The molecule has 19 heavy (non-hydrogen) atoms. The number of carbonyl (C=O) groups is 2. The van der Waals surface area contributed by atoms with E-state index in [1.54, 1.807) is 13.8 Å². The fourth-order valence-corrected chi connectivity index (χ4v) is 2.49. The topological polar surface area (TPSA) is 65.5 Å². The quantitative estimate of drug-likeness (QED) is 0.416. The van der Waals surface area contributed by atoms with Gasteiger partial charge in [-0.05, 0) is 27.7 Å². The van der Waals surface area contributed by atoms with Gasteiger partial charge in [0.1, 0.15) is 5.69 Å². The van der Waals surface area contributed by atoms with Crippen LogP contribution in [0.1, 0.15) is 40.6 Å². The summed E-state index contributed by atoms with van der Waals surface area (Å²) in [6, 6.07) is 0. The minimum Gasteiger partial charge on any atom is -0.346 e. The molecule has 0 amide bonds. The summed E-state index contributed by atoms with van der Waals surface area (Å²) in [4.78, 5) is 28.9. The maximum absolute atomic E-state index is 12.0. The summed E-state index contributed by atoms with van der Waals surface area (Å²) < 4.78 is 10.3. The summed E-state index contributed by atoms with van der Waals surface area (Å²) in [6.45, 7) is 7.92. The van der Waals surface area contributed by atoms with Crippen LogP contribution < -0.4 is 0 Å². The Balaban J connectivity index is 2.69. The Morgan fingerprint density at radius 1 is 1.21 bits per heavy atom. The first-order chi connectivity index (χ1) is 8.99. The Morgan fingerprint density at radius 2 is 1.79 bits per heavy atom. The van der Waals surface area contributed by atoms with Crippen molar-refractivity contribution in [2.24, 2.45) is 0 Å². The molecule has 0 unspecified atom stereocenters. The summed E-state index contributed by atoms with van der Waals surface area (Å²) in [5.74, 6) is -0.644. The van der Waals surface area contributed by atoms with E-state index in [4.69, 9.17) is 9.47 Å². The van der Waals surface area contributed by atoms with Gasteiger partial charge in [0.05, 0.1) is 11.4 Å². The van der Waals surface area contributed by atoms with Crippen molar-refractivity contribution < 1.29 is 19.1 Å². The van der Waals surface area contributed by atoms with Crippen molar-refractivity contribution in [3.8, 4) is 0 Å². The molecule has 0 saturated heterocycles. The number of nitrogens with zero attached hydrogens (tertiary/aromatic N) is 1. The molecule has 0 spiro atoms. The number of hydrogen-bond donors (Lipinski definition) is 0. The molecule has 0 N–H and O–H groups in total. The van der Waals surface area contributed by atoms with Crippen molar-refractivity contribution in [2.45, 2.75) is 40.4 Å². The van der Waals surface area contributed by atoms with Crippen molar-refractivity contribution in [1.82, 2.24) is 4.98 Å². The number of hydrogen-bond acceptors (Lipinski definition) is 6. The summed E-state index contributed by atoms with van der Waals surface area (Å²) >= 11 is 1.45. The maximum atomic E-state index is 12.0. The fourth-order valence-electron chi connectivity index (χ4n) is 1.65. The van der Waals surface area contributed by atoms with Gasteiger partial charge in [-0.2, -0.15) is 0 Å². The van der Waals surface area contributed by atoms with Crippen molar-refractivity contribution in [3.05, 3.63) is 15.6 Å². The van der Waals surface area contributed by atoms with E-state index in [1.807, 2.05) is 13.8 Å². The van der Waals surface area contributed by atoms with Crippen LogP contribution in [0, 0.1) is 13.8 Å². The molecule has 0 bridgehead atoms. The average Bonchev–Trinajstić information content (AvgIpc) is 2.68. The minimum absolute atomic E-state index is 0.241. The number of ether oxygens (including phenoxy) is 2. The highest BCUT2D eigenvalue weighted by molar-refractivity contribution is 7.11. The summed E-state index contributed by atoms with van der Waals surface area (Å²) in [6.07, 6.45) is -1.20. The van der Waals surface area contributed by atoms with Gasteiger partial charge < -0.3 is 9.47 Å². The first-order valence-corrected chi connectivity index (χ1v) is 7.04. The second-order valence-corrected chi connectivity index (χ2v) is 5.35. The molecular weight excluding hydrogens is 266 g/mol. The Labute approximate surface area is 116 Å². The third kappa shape index (κ3) is 4.49. The van der Waals surface area contributed by atoms with E-state index in [-0.39, 0.29) is 18.0 Å². The predicted octanol–water partition coefficient (Wildman–Crippen LogP) is 2.30. The minimum atomic E-state index is -0.959. The number of aryl methyl sites for hydroxylation is 2. The van der Waals surface area contributed by atoms with Crippen molar-refractivity contribution in [1.29, 1.82) is 0 Å². The van der Waals surface area contributed by atoms with E-state index in [2.05, 4.69) is 4.98 Å². The molecule has 0 aromatic carbocycles. The third-order valence-corrected chi connectivity index (χ3v) is 3.29. The van der Waals surface area contributed by atoms with Crippen LogP contribution in [0.3, 0.4) is 0 Å². The van der Waals surface area contributed by atoms with Crippen molar-refractivity contribution >= 4 is 22.9 Å². The Bertz CT molecular complexity index is 449. The van der Waals surface area contributed by atoms with Gasteiger partial charge in [0, 0.05) is 18.1 Å². The Hall–Kier alpha value is -1.11.